The van der Waals surface area contributed by atoms with Gasteiger partial charge < -0.3 is 29.2 Å². The van der Waals surface area contributed by atoms with Crippen molar-refractivity contribution >= 4 is 0 Å². The van der Waals surface area contributed by atoms with Crippen molar-refractivity contribution in [3.8, 4) is 11.5 Å². The molecule has 0 saturated heterocycles. The van der Waals surface area contributed by atoms with Crippen LogP contribution in [-0.2, 0) is 20.6 Å². The number of aryl methyl sites for hydroxylation is 1. The fraction of sp³-hybridized carbons (Fsp3) is 0.455. The van der Waals surface area contributed by atoms with Crippen LogP contribution in [-0.4, -0.2) is 63.1 Å². The summed E-state index contributed by atoms with van der Waals surface area (Å²) in [5.41, 5.74) is 1.24. The van der Waals surface area contributed by atoms with E-state index in [1.165, 1.54) is 5.56 Å². The van der Waals surface area contributed by atoms with Crippen LogP contribution in [0.2, 0.25) is 0 Å². The molecule has 6 nitrogen and oxygen atoms in total. The van der Waals surface area contributed by atoms with Gasteiger partial charge in [-0.15, -0.1) is 0 Å². The van der Waals surface area contributed by atoms with Crippen molar-refractivity contribution in [1.82, 2.24) is 0 Å². The third kappa shape index (κ3) is 11.7. The molecule has 0 aliphatic rings. The molecule has 0 radical (unpaired) electrons. The van der Waals surface area contributed by atoms with E-state index < -0.39 is 0 Å². The highest BCUT2D eigenvalue weighted by atomic mass is 16.5. The van der Waals surface area contributed by atoms with Gasteiger partial charge in [-0.1, -0.05) is 43.3 Å². The lowest BCUT2D eigenvalue weighted by Gasteiger charge is -2.09. The molecule has 0 fully saturated rings. The number of aliphatic hydroxyl groups is 2. The van der Waals surface area contributed by atoms with Crippen molar-refractivity contribution in [3.05, 3.63) is 60.2 Å². The second kappa shape index (κ2) is 17.2. The summed E-state index contributed by atoms with van der Waals surface area (Å²) >= 11 is 0. The van der Waals surface area contributed by atoms with Crippen LogP contribution < -0.4 is 4.74 Å². The minimum atomic E-state index is 0.0413. The molecule has 0 atom stereocenters. The number of hydrogen-bond acceptors (Lipinski definition) is 6. The van der Waals surface area contributed by atoms with Crippen molar-refractivity contribution in [1.29, 1.82) is 0 Å². The summed E-state index contributed by atoms with van der Waals surface area (Å²) in [4.78, 5) is 0. The smallest absolute Gasteiger partial charge is 0.130 e. The van der Waals surface area contributed by atoms with Gasteiger partial charge in [0.1, 0.15) is 11.5 Å². The van der Waals surface area contributed by atoms with Gasteiger partial charge in [0.2, 0.25) is 0 Å². The number of ether oxygens (including phenoxy) is 4. The third-order valence-corrected chi connectivity index (χ3v) is 3.54. The van der Waals surface area contributed by atoms with E-state index in [2.05, 4.69) is 13.0 Å². The van der Waals surface area contributed by atoms with Gasteiger partial charge in [0.25, 0.3) is 0 Å². The highest BCUT2D eigenvalue weighted by molar-refractivity contribution is 5.37. The van der Waals surface area contributed by atoms with Crippen molar-refractivity contribution in [3.63, 3.8) is 0 Å². The molecule has 2 rings (SSSR count). The predicted octanol–water partition coefficient (Wildman–Crippen LogP) is 3.06. The molecule has 0 unspecified atom stereocenters. The average Bonchev–Trinajstić information content (AvgIpc) is 2.74. The monoisotopic (exact) mass is 392 g/mol. The molecule has 28 heavy (non-hydrogen) atoms. The topological polar surface area (TPSA) is 77.4 Å². The van der Waals surface area contributed by atoms with E-state index in [1.807, 2.05) is 48.5 Å². The van der Waals surface area contributed by atoms with Crippen LogP contribution >= 0.6 is 0 Å². The fourth-order valence-electron chi connectivity index (χ4n) is 2.18. The maximum Gasteiger partial charge on any atom is 0.130 e. The van der Waals surface area contributed by atoms with Crippen LogP contribution in [0.4, 0.5) is 0 Å². The Balaban J connectivity index is 0.000000284. The Labute approximate surface area is 167 Å². The van der Waals surface area contributed by atoms with Crippen molar-refractivity contribution < 1.29 is 29.2 Å². The van der Waals surface area contributed by atoms with E-state index in [1.54, 1.807) is 0 Å². The maximum atomic E-state index is 8.36. The molecule has 0 bridgehead atoms. The summed E-state index contributed by atoms with van der Waals surface area (Å²) in [5.74, 6) is 1.84. The first-order valence-electron chi connectivity index (χ1n) is 9.57. The van der Waals surface area contributed by atoms with E-state index in [9.17, 15) is 0 Å². The van der Waals surface area contributed by atoms with Crippen molar-refractivity contribution in [2.24, 2.45) is 0 Å². The fourth-order valence-corrected chi connectivity index (χ4v) is 2.18. The van der Waals surface area contributed by atoms with Crippen LogP contribution in [0.25, 0.3) is 0 Å². The van der Waals surface area contributed by atoms with Gasteiger partial charge in [0.05, 0.1) is 52.9 Å². The van der Waals surface area contributed by atoms with Gasteiger partial charge in [-0.05, 0) is 30.2 Å². The van der Waals surface area contributed by atoms with Crippen molar-refractivity contribution in [2.75, 3.05) is 52.9 Å². The first kappa shape index (κ1) is 24.1. The quantitative estimate of drug-likeness (QED) is 0.510. The molecule has 0 heterocycles. The number of rotatable bonds is 13. The molecule has 2 aromatic rings. The van der Waals surface area contributed by atoms with E-state index in [-0.39, 0.29) is 13.2 Å². The van der Waals surface area contributed by atoms with Crippen LogP contribution in [0.5, 0.6) is 11.5 Å². The summed E-state index contributed by atoms with van der Waals surface area (Å²) in [7, 11) is 0. The van der Waals surface area contributed by atoms with Gasteiger partial charge in [-0.3, -0.25) is 0 Å². The zero-order chi connectivity index (χ0) is 20.3. The van der Waals surface area contributed by atoms with Gasteiger partial charge in [0.15, 0.2) is 0 Å². The molecule has 0 aromatic heterocycles. The lowest BCUT2D eigenvalue weighted by Crippen LogP contribution is -2.11. The maximum absolute atomic E-state index is 8.36. The zero-order valence-electron chi connectivity index (χ0n) is 16.6. The minimum absolute atomic E-state index is 0.0413. The van der Waals surface area contributed by atoms with E-state index >= 15 is 0 Å². The second-order valence-corrected chi connectivity index (χ2v) is 5.66. The van der Waals surface area contributed by atoms with Crippen LogP contribution in [0.1, 0.15) is 12.5 Å². The van der Waals surface area contributed by atoms with E-state index in [0.29, 0.717) is 39.6 Å². The molecule has 0 saturated carbocycles. The van der Waals surface area contributed by atoms with Crippen LogP contribution in [0.15, 0.2) is 54.6 Å². The van der Waals surface area contributed by atoms with Gasteiger partial charge >= 0.3 is 0 Å². The van der Waals surface area contributed by atoms with Gasteiger partial charge in [-0.2, -0.15) is 0 Å². The summed E-state index contributed by atoms with van der Waals surface area (Å²) in [6.45, 7) is 4.90. The first-order valence-corrected chi connectivity index (χ1v) is 9.57. The zero-order valence-corrected chi connectivity index (χ0v) is 16.6. The Morgan fingerprint density at radius 3 is 1.68 bits per heavy atom. The molecule has 6 heteroatoms. The lowest BCUT2D eigenvalue weighted by molar-refractivity contribution is 0.00230. The Hall–Kier alpha value is -1.96. The molecule has 0 spiro atoms. The van der Waals surface area contributed by atoms with Crippen LogP contribution in [0.3, 0.4) is 0 Å². The molecular weight excluding hydrogens is 360 g/mol. The minimum Gasteiger partial charge on any atom is -0.457 e. The van der Waals surface area contributed by atoms with Gasteiger partial charge in [-0.25, -0.2) is 0 Å². The van der Waals surface area contributed by atoms with E-state index in [0.717, 1.165) is 17.9 Å². The summed E-state index contributed by atoms with van der Waals surface area (Å²) in [6.07, 6.45) is 0.989. The Bertz CT molecular complexity index is 581. The van der Waals surface area contributed by atoms with Gasteiger partial charge in [0, 0.05) is 0 Å². The molecule has 2 aromatic carbocycles. The Kier molecular flexibility index (Phi) is 14.8. The van der Waals surface area contributed by atoms with E-state index in [4.69, 9.17) is 29.2 Å². The molecule has 2 N–H and O–H groups in total. The highest BCUT2D eigenvalue weighted by Gasteiger charge is 2.01. The third-order valence-electron chi connectivity index (χ3n) is 3.54. The number of benzene rings is 2. The van der Waals surface area contributed by atoms with Crippen LogP contribution in [0, 0.1) is 0 Å². The average molecular weight is 392 g/mol. The first-order chi connectivity index (χ1) is 13.8. The highest BCUT2D eigenvalue weighted by Crippen LogP contribution is 2.24. The molecule has 0 amide bonds. The number of hydrogen-bond donors (Lipinski definition) is 2. The SMILES string of the molecule is CCc1ccccc1Oc1ccccc1.OCCOCCOCCOCCO. The lowest BCUT2D eigenvalue weighted by atomic mass is 10.1. The van der Waals surface area contributed by atoms with Crippen molar-refractivity contribution in [2.45, 2.75) is 13.3 Å². The molecule has 0 aliphatic heterocycles. The Morgan fingerprint density at radius 2 is 1.14 bits per heavy atom. The standard InChI is InChI=1S/C14H14O.C8H18O5/c1-2-12-8-6-7-11-14(12)15-13-9-4-3-5-10-13;9-1-3-11-5-7-13-8-6-12-4-2-10/h3-11H,2H2,1H3;9-10H,1-8H2. The Morgan fingerprint density at radius 1 is 0.643 bits per heavy atom. The normalized spacial score (nSPS) is 10.2. The summed E-state index contributed by atoms with van der Waals surface area (Å²) in [5, 5.41) is 16.7. The summed E-state index contributed by atoms with van der Waals surface area (Å²) in [6, 6.07) is 18.0. The molecule has 0 aliphatic carbocycles. The predicted molar refractivity (Wildman–Crippen MR) is 109 cm³/mol. The molecule has 156 valence electrons. The summed E-state index contributed by atoms with van der Waals surface area (Å²) < 4.78 is 20.8. The molecular formula is C22H32O6. The number of aliphatic hydroxyl groups excluding tert-OH is 2. The second-order valence-electron chi connectivity index (χ2n) is 5.66. The largest absolute Gasteiger partial charge is 0.457 e. The number of para-hydroxylation sites is 2.